The number of hydrogen-bond acceptors (Lipinski definition) is 6. The smallest absolute Gasteiger partial charge is 0.347 e. The van der Waals surface area contributed by atoms with Crippen molar-refractivity contribution in [2.24, 2.45) is 5.92 Å². The van der Waals surface area contributed by atoms with Crippen molar-refractivity contribution < 1.29 is 22.7 Å². The zero-order valence-corrected chi connectivity index (χ0v) is 18.0. The molecule has 7 nitrogen and oxygen atoms in total. The molecule has 2 aromatic rings. The highest BCUT2D eigenvalue weighted by atomic mass is 35.5. The van der Waals surface area contributed by atoms with Gasteiger partial charge >= 0.3 is 5.97 Å². The summed E-state index contributed by atoms with van der Waals surface area (Å²) in [6.45, 7) is 0. The van der Waals surface area contributed by atoms with E-state index in [1.165, 1.54) is 7.11 Å². The third kappa shape index (κ3) is 4.12. The van der Waals surface area contributed by atoms with Gasteiger partial charge in [-0.3, -0.25) is 0 Å². The molecule has 0 amide bonds. The first-order valence-corrected chi connectivity index (χ1v) is 11.7. The van der Waals surface area contributed by atoms with Gasteiger partial charge in [-0.25, -0.2) is 13.2 Å². The van der Waals surface area contributed by atoms with Gasteiger partial charge in [0.2, 0.25) is 10.0 Å². The van der Waals surface area contributed by atoms with E-state index in [9.17, 15) is 13.2 Å². The van der Waals surface area contributed by atoms with Crippen molar-refractivity contribution >= 4 is 33.3 Å². The Hall–Kier alpha value is -2.29. The van der Waals surface area contributed by atoms with Crippen LogP contribution in [0.15, 0.2) is 42.5 Å². The van der Waals surface area contributed by atoms with Gasteiger partial charge in [0.15, 0.2) is 5.75 Å². The van der Waals surface area contributed by atoms with Crippen LogP contribution in [0.1, 0.15) is 36.0 Å². The van der Waals surface area contributed by atoms with Crippen molar-refractivity contribution in [3.05, 3.63) is 53.1 Å². The Balaban J connectivity index is 1.59. The summed E-state index contributed by atoms with van der Waals surface area (Å²) in [4.78, 5) is 12.7. The molecule has 3 atom stereocenters. The average molecular weight is 451 g/mol. The van der Waals surface area contributed by atoms with Crippen molar-refractivity contribution in [2.45, 2.75) is 37.1 Å². The fraction of sp³-hybridized carbons (Fsp3) is 0.381. The minimum Gasteiger partial charge on any atom is -0.496 e. The molecule has 2 aliphatic rings. The standard InChI is InChI=1S/C21H23ClN2O5S/c1-28-17-8-4-2-6-14(17)21(25)29-18-11-10-13(22)12-16(18)23-20-15-7-3-5-9-19(15)30(26,27)24-20/h2,4,6,8,10-12,15,19-20,23-24H,3,5,7,9H2,1H3. The summed E-state index contributed by atoms with van der Waals surface area (Å²) >= 11 is 6.16. The summed E-state index contributed by atoms with van der Waals surface area (Å²) in [5.41, 5.74) is 0.736. The van der Waals surface area contributed by atoms with Crippen molar-refractivity contribution in [1.82, 2.24) is 4.72 Å². The number of benzene rings is 2. The van der Waals surface area contributed by atoms with Gasteiger partial charge in [0.1, 0.15) is 11.3 Å². The third-order valence-corrected chi connectivity index (χ3v) is 7.85. The SMILES string of the molecule is COc1ccccc1C(=O)Oc1ccc(Cl)cc1NC1NS(=O)(=O)C2CCCCC12. The predicted octanol–water partition coefficient (Wildman–Crippen LogP) is 3.80. The minimum absolute atomic E-state index is 0.0551. The van der Waals surface area contributed by atoms with Crippen LogP contribution in [0.3, 0.4) is 0 Å². The molecule has 1 aliphatic carbocycles. The summed E-state index contributed by atoms with van der Waals surface area (Å²) in [6.07, 6.45) is 2.88. The number of ether oxygens (including phenoxy) is 2. The number of rotatable bonds is 5. The normalized spacial score (nSPS) is 24.7. The lowest BCUT2D eigenvalue weighted by Crippen LogP contribution is -2.37. The van der Waals surface area contributed by atoms with Crippen molar-refractivity contribution in [3.63, 3.8) is 0 Å². The van der Waals surface area contributed by atoms with Crippen molar-refractivity contribution in [2.75, 3.05) is 12.4 Å². The molecule has 2 N–H and O–H groups in total. The van der Waals surface area contributed by atoms with E-state index in [0.29, 0.717) is 22.9 Å². The molecule has 0 aromatic heterocycles. The quantitative estimate of drug-likeness (QED) is 0.531. The second-order valence-corrected chi connectivity index (χ2v) is 9.87. The van der Waals surface area contributed by atoms with Gasteiger partial charge in [0, 0.05) is 10.9 Å². The molecular formula is C21H23ClN2O5S. The van der Waals surface area contributed by atoms with Gasteiger partial charge in [-0.1, -0.05) is 36.6 Å². The largest absolute Gasteiger partial charge is 0.496 e. The molecular weight excluding hydrogens is 428 g/mol. The number of esters is 1. The summed E-state index contributed by atoms with van der Waals surface area (Å²) in [5.74, 6) is 0.0224. The lowest BCUT2D eigenvalue weighted by molar-refractivity contribution is 0.0732. The molecule has 1 saturated heterocycles. The highest BCUT2D eigenvalue weighted by molar-refractivity contribution is 7.90. The lowest BCUT2D eigenvalue weighted by Gasteiger charge is -2.27. The first kappa shape index (κ1) is 21.0. The minimum atomic E-state index is -3.38. The number of sulfonamides is 1. The molecule has 2 fully saturated rings. The number of carbonyl (C=O) groups is 1. The topological polar surface area (TPSA) is 93.7 Å². The fourth-order valence-corrected chi connectivity index (χ4v) is 6.39. The number of carbonyl (C=O) groups excluding carboxylic acids is 1. The number of methoxy groups -OCH3 is 1. The van der Waals surface area contributed by atoms with Crippen LogP contribution >= 0.6 is 11.6 Å². The predicted molar refractivity (Wildman–Crippen MR) is 115 cm³/mol. The fourth-order valence-electron chi connectivity index (χ4n) is 4.22. The van der Waals surface area contributed by atoms with E-state index in [1.54, 1.807) is 42.5 Å². The second-order valence-electron chi connectivity index (χ2n) is 7.50. The lowest BCUT2D eigenvalue weighted by atomic mass is 9.86. The first-order valence-electron chi connectivity index (χ1n) is 9.81. The van der Waals surface area contributed by atoms with E-state index in [1.807, 2.05) is 0 Å². The average Bonchev–Trinajstić information content (AvgIpc) is 3.00. The molecule has 1 aliphatic heterocycles. The zero-order chi connectivity index (χ0) is 21.3. The van der Waals surface area contributed by atoms with Crippen molar-refractivity contribution in [1.29, 1.82) is 0 Å². The number of fused-ring (bicyclic) bond motifs is 1. The van der Waals surface area contributed by atoms with Crippen LogP contribution in [0.4, 0.5) is 5.69 Å². The van der Waals surface area contributed by atoms with Gasteiger partial charge in [-0.15, -0.1) is 0 Å². The van der Waals surface area contributed by atoms with E-state index >= 15 is 0 Å². The number of nitrogens with one attached hydrogen (secondary N) is 2. The molecule has 0 bridgehead atoms. The van der Waals surface area contributed by atoms with Gasteiger partial charge in [0.05, 0.1) is 24.2 Å². The van der Waals surface area contributed by atoms with Gasteiger partial charge < -0.3 is 14.8 Å². The molecule has 1 heterocycles. The van der Waals surface area contributed by atoms with E-state index < -0.39 is 27.4 Å². The van der Waals surface area contributed by atoms with Crippen LogP contribution in [0, 0.1) is 5.92 Å². The van der Waals surface area contributed by atoms with Crippen LogP contribution in [0.5, 0.6) is 11.5 Å². The Labute approximate surface area is 180 Å². The first-order chi connectivity index (χ1) is 14.4. The van der Waals surface area contributed by atoms with E-state index in [4.69, 9.17) is 21.1 Å². The molecule has 160 valence electrons. The van der Waals surface area contributed by atoms with Crippen LogP contribution in [0.25, 0.3) is 0 Å². The third-order valence-electron chi connectivity index (χ3n) is 5.65. The maximum absolute atomic E-state index is 12.7. The van der Waals surface area contributed by atoms with Crippen LogP contribution in [0.2, 0.25) is 5.02 Å². The molecule has 9 heteroatoms. The summed E-state index contributed by atoms with van der Waals surface area (Å²) in [5, 5.41) is 3.25. The van der Waals surface area contributed by atoms with Crippen LogP contribution < -0.4 is 19.5 Å². The maximum Gasteiger partial charge on any atom is 0.347 e. The Kier molecular flexibility index (Phi) is 5.90. The highest BCUT2D eigenvalue weighted by Gasteiger charge is 2.47. The molecule has 3 unspecified atom stereocenters. The molecule has 2 aromatic carbocycles. The number of anilines is 1. The van der Waals surface area contributed by atoms with E-state index in [0.717, 1.165) is 19.3 Å². The molecule has 1 saturated carbocycles. The monoisotopic (exact) mass is 450 g/mol. The molecule has 4 rings (SSSR count). The Morgan fingerprint density at radius 2 is 1.90 bits per heavy atom. The molecule has 30 heavy (non-hydrogen) atoms. The number of para-hydroxylation sites is 1. The van der Waals surface area contributed by atoms with Crippen LogP contribution in [-0.4, -0.2) is 32.9 Å². The zero-order valence-electron chi connectivity index (χ0n) is 16.4. The summed E-state index contributed by atoms with van der Waals surface area (Å²) in [6, 6.07) is 11.6. The summed E-state index contributed by atoms with van der Waals surface area (Å²) in [7, 11) is -1.90. The Bertz CT molecular complexity index is 1060. The number of hydrogen-bond donors (Lipinski definition) is 2. The molecule has 0 radical (unpaired) electrons. The van der Waals surface area contributed by atoms with E-state index in [2.05, 4.69) is 10.0 Å². The second kappa shape index (κ2) is 8.45. The highest BCUT2D eigenvalue weighted by Crippen LogP contribution is 2.39. The van der Waals surface area contributed by atoms with Gasteiger partial charge in [-0.05, 0) is 43.2 Å². The van der Waals surface area contributed by atoms with Crippen LogP contribution in [-0.2, 0) is 10.0 Å². The van der Waals surface area contributed by atoms with Crippen molar-refractivity contribution in [3.8, 4) is 11.5 Å². The van der Waals surface area contributed by atoms with Gasteiger partial charge in [-0.2, -0.15) is 4.72 Å². The molecule has 0 spiro atoms. The Morgan fingerprint density at radius 3 is 2.70 bits per heavy atom. The Morgan fingerprint density at radius 1 is 1.13 bits per heavy atom. The van der Waals surface area contributed by atoms with Gasteiger partial charge in [0.25, 0.3) is 0 Å². The van der Waals surface area contributed by atoms with E-state index in [-0.39, 0.29) is 17.2 Å². The number of halogens is 1. The maximum atomic E-state index is 12.7. The summed E-state index contributed by atoms with van der Waals surface area (Å²) < 4.78 is 38.6.